The lowest BCUT2D eigenvalue weighted by Crippen LogP contribution is -2.68. The van der Waals surface area contributed by atoms with Gasteiger partial charge in [0.05, 0.1) is 6.10 Å². The van der Waals surface area contributed by atoms with Crippen LogP contribution in [0.2, 0.25) is 0 Å². The molecule has 0 spiro atoms. The van der Waals surface area contributed by atoms with Crippen molar-refractivity contribution in [3.63, 3.8) is 0 Å². The number of carboxylic acids is 1. The van der Waals surface area contributed by atoms with Crippen LogP contribution in [0.5, 0.6) is 0 Å². The molecule has 7 heteroatoms. The van der Waals surface area contributed by atoms with Crippen LogP contribution in [0.25, 0.3) is 0 Å². The fourth-order valence-electron chi connectivity index (χ4n) is 2.64. The number of ether oxygens (including phenoxy) is 1. The van der Waals surface area contributed by atoms with Crippen LogP contribution in [0.4, 0.5) is 0 Å². The zero-order valence-corrected chi connectivity index (χ0v) is 10.5. The van der Waals surface area contributed by atoms with E-state index in [0.717, 1.165) is 18.4 Å². The summed E-state index contributed by atoms with van der Waals surface area (Å²) in [6.45, 7) is 0.655. The molecule has 0 radical (unpaired) electrons. The van der Waals surface area contributed by atoms with Crippen molar-refractivity contribution in [3.8, 4) is 0 Å². The number of hydrogen-bond acceptors (Lipinski definition) is 5. The minimum Gasteiger partial charge on any atom is -0.477 e. The van der Waals surface area contributed by atoms with Crippen molar-refractivity contribution in [1.29, 1.82) is 0 Å². The monoisotopic (exact) mass is 270 g/mol. The van der Waals surface area contributed by atoms with Crippen LogP contribution in [0.3, 0.4) is 0 Å². The predicted molar refractivity (Wildman–Crippen MR) is 64.7 cm³/mol. The number of nitrogens with zero attached hydrogens (tertiary/aromatic N) is 1. The van der Waals surface area contributed by atoms with Crippen molar-refractivity contribution in [3.05, 3.63) is 11.3 Å². The van der Waals surface area contributed by atoms with Gasteiger partial charge in [-0.15, -0.1) is 11.8 Å². The zero-order chi connectivity index (χ0) is 12.9. The molecule has 0 unspecified atom stereocenters. The van der Waals surface area contributed by atoms with Gasteiger partial charge in [0.25, 0.3) is 0 Å². The van der Waals surface area contributed by atoms with E-state index in [1.165, 1.54) is 16.7 Å². The molecule has 0 bridgehead atoms. The second kappa shape index (κ2) is 4.25. The number of amides is 1. The lowest BCUT2D eigenvalue weighted by atomic mass is 10.00. The molecule has 3 atom stereocenters. The normalized spacial score (nSPS) is 35.5. The second-order valence-corrected chi connectivity index (χ2v) is 5.72. The highest BCUT2D eigenvalue weighted by atomic mass is 32.2. The lowest BCUT2D eigenvalue weighted by Gasteiger charge is -2.48. The average Bonchev–Trinajstić information content (AvgIpc) is 2.89. The molecule has 18 heavy (non-hydrogen) atoms. The number of fused-ring (bicyclic) bond motifs is 1. The van der Waals surface area contributed by atoms with Crippen LogP contribution < -0.4 is 5.73 Å². The van der Waals surface area contributed by atoms with Crippen molar-refractivity contribution in [2.75, 3.05) is 12.4 Å². The molecular formula is C11H14N2O4S. The molecule has 3 heterocycles. The van der Waals surface area contributed by atoms with Gasteiger partial charge in [-0.1, -0.05) is 0 Å². The van der Waals surface area contributed by atoms with E-state index in [4.69, 9.17) is 10.5 Å². The number of aliphatic carboxylic acids is 1. The predicted octanol–water partition coefficient (Wildman–Crippen LogP) is -0.253. The number of carbonyl (C=O) groups excluding carboxylic acids is 1. The maximum absolute atomic E-state index is 11.7. The first-order chi connectivity index (χ1) is 8.61. The van der Waals surface area contributed by atoms with E-state index in [2.05, 4.69) is 0 Å². The molecule has 98 valence electrons. The Bertz CT molecular complexity index is 444. The summed E-state index contributed by atoms with van der Waals surface area (Å²) in [5.74, 6) is -0.791. The first-order valence-corrected chi connectivity index (χ1v) is 6.94. The smallest absolute Gasteiger partial charge is 0.352 e. The summed E-state index contributed by atoms with van der Waals surface area (Å²) in [6, 6.07) is -0.574. The lowest BCUT2D eigenvalue weighted by molar-refractivity contribution is -0.148. The topological polar surface area (TPSA) is 92.9 Å². The molecule has 3 rings (SSSR count). The van der Waals surface area contributed by atoms with Crippen LogP contribution in [0.1, 0.15) is 12.8 Å². The van der Waals surface area contributed by atoms with Crippen LogP contribution in [0, 0.1) is 0 Å². The summed E-state index contributed by atoms with van der Waals surface area (Å²) in [4.78, 5) is 24.4. The molecule has 1 amide bonds. The molecule has 3 aliphatic heterocycles. The van der Waals surface area contributed by atoms with Gasteiger partial charge in [0.1, 0.15) is 17.1 Å². The summed E-state index contributed by atoms with van der Waals surface area (Å²) < 4.78 is 5.54. The Kier molecular flexibility index (Phi) is 2.84. The van der Waals surface area contributed by atoms with Gasteiger partial charge in [0.15, 0.2) is 0 Å². The highest BCUT2D eigenvalue weighted by molar-refractivity contribution is 8.00. The summed E-state index contributed by atoms with van der Waals surface area (Å²) in [6.07, 6.45) is 1.60. The molecule has 2 fully saturated rings. The summed E-state index contributed by atoms with van der Waals surface area (Å²) in [5, 5.41) is 9.11. The number of β-lactam (4-membered cyclic amide) rings is 1. The molecule has 0 aromatic heterocycles. The van der Waals surface area contributed by atoms with E-state index in [0.29, 0.717) is 12.4 Å². The number of thioether (sulfide) groups is 1. The molecule has 3 N–H and O–H groups in total. The van der Waals surface area contributed by atoms with Crippen LogP contribution in [0.15, 0.2) is 11.3 Å². The van der Waals surface area contributed by atoms with Crippen LogP contribution in [-0.4, -0.2) is 51.8 Å². The van der Waals surface area contributed by atoms with Gasteiger partial charge >= 0.3 is 5.97 Å². The Labute approximate surface area is 108 Å². The SMILES string of the molecule is N[C@@H]1C(=O)N2C(C(=O)O)=C([C@@H]3CCCO3)CS[C@H]12. The molecule has 6 nitrogen and oxygen atoms in total. The van der Waals surface area contributed by atoms with Crippen molar-refractivity contribution < 1.29 is 19.4 Å². The zero-order valence-electron chi connectivity index (χ0n) is 9.67. The Morgan fingerprint density at radius 2 is 2.33 bits per heavy atom. The Hall–Kier alpha value is -1.05. The third-order valence-corrected chi connectivity index (χ3v) is 4.88. The van der Waals surface area contributed by atoms with Gasteiger partial charge < -0.3 is 15.6 Å². The minimum absolute atomic E-state index is 0.0948. The fraction of sp³-hybridized carbons (Fsp3) is 0.636. The number of carboxylic acid groups (broad SMARTS) is 1. The molecule has 2 saturated heterocycles. The van der Waals surface area contributed by atoms with Crippen LogP contribution >= 0.6 is 11.8 Å². The summed E-state index contributed by atoms with van der Waals surface area (Å²) in [7, 11) is 0. The van der Waals surface area contributed by atoms with Crippen molar-refractivity contribution >= 4 is 23.6 Å². The van der Waals surface area contributed by atoms with E-state index in [1.807, 2.05) is 0 Å². The average molecular weight is 270 g/mol. The van der Waals surface area contributed by atoms with Gasteiger partial charge in [-0.25, -0.2) is 4.79 Å². The maximum atomic E-state index is 11.7. The third-order valence-electron chi connectivity index (χ3n) is 3.56. The van der Waals surface area contributed by atoms with Gasteiger partial charge in [-0.05, 0) is 18.4 Å². The standard InChI is InChI=1S/C11H14N2O4S/c12-7-9(14)13-8(11(15)16)5(4-18-10(7)13)6-2-1-3-17-6/h6-7,10H,1-4,12H2,(H,15,16)/t6-,7+,10+/m0/s1. The molecular weight excluding hydrogens is 256 g/mol. The largest absolute Gasteiger partial charge is 0.477 e. The first-order valence-electron chi connectivity index (χ1n) is 5.89. The van der Waals surface area contributed by atoms with Crippen molar-refractivity contribution in [2.24, 2.45) is 5.73 Å². The van der Waals surface area contributed by atoms with E-state index in [9.17, 15) is 14.7 Å². The van der Waals surface area contributed by atoms with Crippen LogP contribution in [-0.2, 0) is 14.3 Å². The third kappa shape index (κ3) is 1.58. The van der Waals surface area contributed by atoms with Crippen molar-refractivity contribution in [1.82, 2.24) is 4.90 Å². The van der Waals surface area contributed by atoms with Gasteiger partial charge in [-0.3, -0.25) is 9.69 Å². The summed E-state index contributed by atoms with van der Waals surface area (Å²) in [5.41, 5.74) is 6.50. The number of nitrogens with two attached hydrogens (primary N) is 1. The van der Waals surface area contributed by atoms with Crippen molar-refractivity contribution in [2.45, 2.75) is 30.4 Å². The van der Waals surface area contributed by atoms with E-state index < -0.39 is 12.0 Å². The van der Waals surface area contributed by atoms with E-state index in [-0.39, 0.29) is 23.1 Å². The Morgan fingerprint density at radius 3 is 2.94 bits per heavy atom. The minimum atomic E-state index is -1.06. The number of rotatable bonds is 2. The highest BCUT2D eigenvalue weighted by Crippen LogP contribution is 2.41. The van der Waals surface area contributed by atoms with Gasteiger partial charge in [0, 0.05) is 12.4 Å². The summed E-state index contributed by atoms with van der Waals surface area (Å²) >= 11 is 1.52. The molecule has 0 aromatic carbocycles. The Balaban J connectivity index is 1.97. The quantitative estimate of drug-likeness (QED) is 0.672. The fourth-order valence-corrected chi connectivity index (χ4v) is 3.99. The second-order valence-electron chi connectivity index (χ2n) is 4.62. The molecule has 0 aliphatic carbocycles. The maximum Gasteiger partial charge on any atom is 0.352 e. The molecule has 3 aliphatic rings. The highest BCUT2D eigenvalue weighted by Gasteiger charge is 2.52. The van der Waals surface area contributed by atoms with Gasteiger partial charge in [-0.2, -0.15) is 0 Å². The van der Waals surface area contributed by atoms with Gasteiger partial charge in [0.2, 0.25) is 5.91 Å². The molecule has 0 aromatic rings. The molecule has 0 saturated carbocycles. The van der Waals surface area contributed by atoms with E-state index >= 15 is 0 Å². The number of hydrogen-bond donors (Lipinski definition) is 2. The Morgan fingerprint density at radius 1 is 1.56 bits per heavy atom. The first kappa shape index (κ1) is 12.0. The number of carbonyl (C=O) groups is 2. The van der Waals surface area contributed by atoms with E-state index in [1.54, 1.807) is 0 Å².